The molecule has 3 rings (SSSR count). The van der Waals surface area contributed by atoms with Gasteiger partial charge in [0.15, 0.2) is 5.69 Å². The molecule has 2 heterocycles. The quantitative estimate of drug-likeness (QED) is 0.643. The Morgan fingerprint density at radius 2 is 1.83 bits per heavy atom. The number of aryl methyl sites for hydroxylation is 2. The van der Waals surface area contributed by atoms with Gasteiger partial charge in [0.25, 0.3) is 0 Å². The second kappa shape index (κ2) is 9.09. The predicted octanol–water partition coefficient (Wildman–Crippen LogP) is 3.35. The molecule has 1 aromatic carbocycles. The normalized spacial score (nSPS) is 16.1. The minimum absolute atomic E-state index is 0.0733. The molecule has 158 valence electrons. The fraction of sp³-hybridized carbons (Fsp3) is 0.524. The lowest BCUT2D eigenvalue weighted by atomic mass is 10.1. The maximum Gasteiger partial charge on any atom is 0.358 e. The van der Waals surface area contributed by atoms with Crippen LogP contribution in [-0.2, 0) is 21.2 Å². The molecule has 1 aliphatic heterocycles. The SMILES string of the molecule is CCCc1cc(C(=O)OCC)nn1C1CCN(S(=O)(=O)c2ccc(C)cc2)CC1. The number of rotatable bonds is 7. The molecule has 0 unspecified atom stereocenters. The first-order chi connectivity index (χ1) is 13.9. The molecule has 1 saturated heterocycles. The first kappa shape index (κ1) is 21.5. The highest BCUT2D eigenvalue weighted by atomic mass is 32.2. The van der Waals surface area contributed by atoms with Crippen molar-refractivity contribution < 1.29 is 17.9 Å². The van der Waals surface area contributed by atoms with Gasteiger partial charge in [0.1, 0.15) is 0 Å². The van der Waals surface area contributed by atoms with E-state index in [1.54, 1.807) is 29.4 Å². The number of carbonyl (C=O) groups is 1. The van der Waals surface area contributed by atoms with E-state index < -0.39 is 16.0 Å². The third kappa shape index (κ3) is 4.70. The van der Waals surface area contributed by atoms with Crippen LogP contribution in [0.3, 0.4) is 0 Å². The van der Waals surface area contributed by atoms with Crippen molar-refractivity contribution in [2.24, 2.45) is 0 Å². The lowest BCUT2D eigenvalue weighted by molar-refractivity contribution is 0.0517. The highest BCUT2D eigenvalue weighted by Gasteiger charge is 2.31. The molecule has 1 aromatic heterocycles. The number of hydrogen-bond donors (Lipinski definition) is 0. The van der Waals surface area contributed by atoms with Crippen LogP contribution in [0.1, 0.15) is 60.9 Å². The zero-order chi connectivity index (χ0) is 21.0. The Labute approximate surface area is 172 Å². The fourth-order valence-electron chi connectivity index (χ4n) is 3.68. The van der Waals surface area contributed by atoms with Gasteiger partial charge >= 0.3 is 5.97 Å². The first-order valence-corrected chi connectivity index (χ1v) is 11.6. The van der Waals surface area contributed by atoms with Crippen LogP contribution in [0.5, 0.6) is 0 Å². The van der Waals surface area contributed by atoms with Crippen molar-refractivity contribution in [3.05, 3.63) is 47.3 Å². The highest BCUT2D eigenvalue weighted by Crippen LogP contribution is 2.28. The molecular formula is C21H29N3O4S. The van der Waals surface area contributed by atoms with Crippen molar-refractivity contribution in [3.8, 4) is 0 Å². The second-order valence-electron chi connectivity index (χ2n) is 7.38. The van der Waals surface area contributed by atoms with Crippen LogP contribution >= 0.6 is 0 Å². The highest BCUT2D eigenvalue weighted by molar-refractivity contribution is 7.89. The third-order valence-corrected chi connectivity index (χ3v) is 7.14. The summed E-state index contributed by atoms with van der Waals surface area (Å²) in [6.07, 6.45) is 3.07. The lowest BCUT2D eigenvalue weighted by Gasteiger charge is -2.32. The number of piperidine rings is 1. The summed E-state index contributed by atoms with van der Waals surface area (Å²) >= 11 is 0. The summed E-state index contributed by atoms with van der Waals surface area (Å²) in [6.45, 7) is 6.96. The van der Waals surface area contributed by atoms with Gasteiger partial charge in [0.2, 0.25) is 10.0 Å². The average molecular weight is 420 g/mol. The Balaban J connectivity index is 1.74. The van der Waals surface area contributed by atoms with Crippen molar-refractivity contribution in [3.63, 3.8) is 0 Å². The summed E-state index contributed by atoms with van der Waals surface area (Å²) in [5.41, 5.74) is 2.35. The number of aromatic nitrogens is 2. The van der Waals surface area contributed by atoms with Crippen LogP contribution in [0, 0.1) is 6.92 Å². The van der Waals surface area contributed by atoms with Gasteiger partial charge in [-0.1, -0.05) is 31.0 Å². The van der Waals surface area contributed by atoms with Crippen molar-refractivity contribution >= 4 is 16.0 Å². The maximum absolute atomic E-state index is 12.9. The van der Waals surface area contributed by atoms with Crippen molar-refractivity contribution in [2.45, 2.75) is 57.4 Å². The van der Waals surface area contributed by atoms with E-state index in [-0.39, 0.29) is 6.04 Å². The number of carbonyl (C=O) groups excluding carboxylic acids is 1. The van der Waals surface area contributed by atoms with Crippen LogP contribution in [-0.4, -0.2) is 48.2 Å². The van der Waals surface area contributed by atoms with E-state index in [0.717, 1.165) is 24.1 Å². The molecule has 0 amide bonds. The number of nitrogens with zero attached hydrogens (tertiary/aromatic N) is 3. The standard InChI is InChI=1S/C21H29N3O4S/c1-4-6-18-15-20(21(25)28-5-2)22-24(18)17-11-13-23(14-12-17)29(26,27)19-9-7-16(3)8-10-19/h7-10,15,17H,4-6,11-14H2,1-3H3. The molecule has 0 spiro atoms. The number of esters is 1. The predicted molar refractivity (Wildman–Crippen MR) is 110 cm³/mol. The van der Waals surface area contributed by atoms with Gasteiger partial charge in [0.05, 0.1) is 17.5 Å². The topological polar surface area (TPSA) is 81.5 Å². The van der Waals surface area contributed by atoms with E-state index in [2.05, 4.69) is 12.0 Å². The van der Waals surface area contributed by atoms with Crippen molar-refractivity contribution in [1.29, 1.82) is 0 Å². The van der Waals surface area contributed by atoms with Gasteiger partial charge in [-0.25, -0.2) is 13.2 Å². The number of sulfonamides is 1. The molecule has 0 radical (unpaired) electrons. The van der Waals surface area contributed by atoms with Crippen LogP contribution in [0.25, 0.3) is 0 Å². The summed E-state index contributed by atoms with van der Waals surface area (Å²) in [5, 5.41) is 4.50. The monoisotopic (exact) mass is 419 g/mol. The molecule has 1 fully saturated rings. The van der Waals surface area contributed by atoms with Gasteiger partial charge in [-0.15, -0.1) is 0 Å². The Hall–Kier alpha value is -2.19. The van der Waals surface area contributed by atoms with Crippen LogP contribution < -0.4 is 0 Å². The Kier molecular flexibility index (Phi) is 6.74. The molecule has 2 aromatic rings. The summed E-state index contributed by atoms with van der Waals surface area (Å²) in [7, 11) is -3.49. The van der Waals surface area contributed by atoms with Crippen molar-refractivity contribution in [2.75, 3.05) is 19.7 Å². The number of benzene rings is 1. The molecule has 29 heavy (non-hydrogen) atoms. The first-order valence-electron chi connectivity index (χ1n) is 10.2. The lowest BCUT2D eigenvalue weighted by Crippen LogP contribution is -2.39. The smallest absolute Gasteiger partial charge is 0.358 e. The molecule has 0 saturated carbocycles. The summed E-state index contributed by atoms with van der Waals surface area (Å²) in [4.78, 5) is 12.4. The van der Waals surface area contributed by atoms with Gasteiger partial charge < -0.3 is 4.74 Å². The number of hydrogen-bond acceptors (Lipinski definition) is 5. The molecule has 8 heteroatoms. The zero-order valence-electron chi connectivity index (χ0n) is 17.3. The number of ether oxygens (including phenoxy) is 1. The maximum atomic E-state index is 12.9. The van der Waals surface area contributed by atoms with E-state index in [9.17, 15) is 13.2 Å². The van der Waals surface area contributed by atoms with E-state index in [1.165, 1.54) is 0 Å². The van der Waals surface area contributed by atoms with Crippen LogP contribution in [0.2, 0.25) is 0 Å². The Bertz CT molecular complexity index is 943. The van der Waals surface area contributed by atoms with Crippen LogP contribution in [0.15, 0.2) is 35.2 Å². The summed E-state index contributed by atoms with van der Waals surface area (Å²) in [6, 6.07) is 8.83. The third-order valence-electron chi connectivity index (χ3n) is 5.23. The van der Waals surface area contributed by atoms with Gasteiger partial charge in [-0.3, -0.25) is 4.68 Å². The van der Waals surface area contributed by atoms with E-state index in [4.69, 9.17) is 4.74 Å². The largest absolute Gasteiger partial charge is 0.461 e. The average Bonchev–Trinajstić information content (AvgIpc) is 3.13. The second-order valence-corrected chi connectivity index (χ2v) is 9.32. The molecule has 0 atom stereocenters. The van der Waals surface area contributed by atoms with E-state index in [0.29, 0.717) is 43.1 Å². The summed E-state index contributed by atoms with van der Waals surface area (Å²) < 4.78 is 34.4. The Morgan fingerprint density at radius 3 is 2.41 bits per heavy atom. The molecular weight excluding hydrogens is 390 g/mol. The van der Waals surface area contributed by atoms with Gasteiger partial charge in [-0.05, 0) is 51.3 Å². The van der Waals surface area contributed by atoms with Crippen molar-refractivity contribution in [1.82, 2.24) is 14.1 Å². The molecule has 0 aliphatic carbocycles. The molecule has 0 N–H and O–H groups in total. The van der Waals surface area contributed by atoms with Gasteiger partial charge in [0, 0.05) is 18.8 Å². The molecule has 1 aliphatic rings. The van der Waals surface area contributed by atoms with Crippen LogP contribution in [0.4, 0.5) is 0 Å². The minimum Gasteiger partial charge on any atom is -0.461 e. The van der Waals surface area contributed by atoms with E-state index >= 15 is 0 Å². The molecule has 7 nitrogen and oxygen atoms in total. The fourth-order valence-corrected chi connectivity index (χ4v) is 5.15. The summed E-state index contributed by atoms with van der Waals surface area (Å²) in [5.74, 6) is -0.414. The van der Waals surface area contributed by atoms with Gasteiger partial charge in [-0.2, -0.15) is 9.40 Å². The molecule has 0 bridgehead atoms. The zero-order valence-corrected chi connectivity index (χ0v) is 18.1. The van der Waals surface area contributed by atoms with E-state index in [1.807, 2.05) is 23.7 Å². The Morgan fingerprint density at radius 1 is 1.17 bits per heavy atom. The minimum atomic E-state index is -3.49.